The Hall–Kier alpha value is -2.17. The van der Waals surface area contributed by atoms with Gasteiger partial charge in [0.2, 0.25) is 11.8 Å². The van der Waals surface area contributed by atoms with Crippen LogP contribution < -0.4 is 10.7 Å². The van der Waals surface area contributed by atoms with Crippen molar-refractivity contribution in [2.75, 3.05) is 6.54 Å². The molecule has 0 aliphatic rings. The number of amides is 2. The van der Waals surface area contributed by atoms with Crippen LogP contribution in [0, 0.1) is 0 Å². The zero-order valence-corrected chi connectivity index (χ0v) is 12.7. The molecule has 0 spiro atoms. The van der Waals surface area contributed by atoms with Crippen LogP contribution in [0.4, 0.5) is 0 Å². The number of carbonyl (C=O) groups excluding carboxylic acids is 2. The Bertz CT molecular complexity index is 478. The van der Waals surface area contributed by atoms with Gasteiger partial charge in [-0.2, -0.15) is 5.10 Å². The maximum Gasteiger partial charge on any atom is 0.249 e. The summed E-state index contributed by atoms with van der Waals surface area (Å²) < 4.78 is 0. The van der Waals surface area contributed by atoms with Crippen LogP contribution in [0.15, 0.2) is 35.4 Å². The van der Waals surface area contributed by atoms with Crippen LogP contribution >= 0.6 is 0 Å². The molecular formula is C16H23N3O2. The first-order valence-electron chi connectivity index (χ1n) is 7.30. The average molecular weight is 289 g/mol. The molecule has 0 aromatic heterocycles. The van der Waals surface area contributed by atoms with Crippen molar-refractivity contribution in [3.8, 4) is 0 Å². The standard InChI is InChI=1S/C16H23N3O2/c1-3-14(4-2)18-19-16(21)12-15(20)17-11-10-13-8-6-5-7-9-13/h5-9H,3-4,10-12H2,1-2H3,(H,17,20)(H,19,21). The van der Waals surface area contributed by atoms with E-state index in [-0.39, 0.29) is 18.2 Å². The van der Waals surface area contributed by atoms with Crippen molar-refractivity contribution in [1.82, 2.24) is 10.7 Å². The Morgan fingerprint density at radius 3 is 2.33 bits per heavy atom. The highest BCUT2D eigenvalue weighted by atomic mass is 16.2. The predicted molar refractivity (Wildman–Crippen MR) is 83.9 cm³/mol. The van der Waals surface area contributed by atoms with Gasteiger partial charge in [-0.3, -0.25) is 9.59 Å². The monoisotopic (exact) mass is 289 g/mol. The molecule has 0 saturated heterocycles. The second-order valence-corrected chi connectivity index (χ2v) is 4.68. The van der Waals surface area contributed by atoms with Crippen molar-refractivity contribution >= 4 is 17.5 Å². The van der Waals surface area contributed by atoms with Crippen LogP contribution in [0.25, 0.3) is 0 Å². The fourth-order valence-electron chi connectivity index (χ4n) is 1.79. The van der Waals surface area contributed by atoms with Gasteiger partial charge < -0.3 is 5.32 Å². The van der Waals surface area contributed by atoms with Crippen molar-refractivity contribution in [3.63, 3.8) is 0 Å². The van der Waals surface area contributed by atoms with Gasteiger partial charge in [-0.05, 0) is 24.8 Å². The lowest BCUT2D eigenvalue weighted by atomic mass is 10.1. The van der Waals surface area contributed by atoms with Crippen molar-refractivity contribution in [2.45, 2.75) is 39.5 Å². The summed E-state index contributed by atoms with van der Waals surface area (Å²) in [5, 5.41) is 6.71. The Morgan fingerprint density at radius 2 is 1.71 bits per heavy atom. The molecule has 21 heavy (non-hydrogen) atoms. The Labute approximate surface area is 125 Å². The van der Waals surface area contributed by atoms with Crippen molar-refractivity contribution in [1.29, 1.82) is 0 Å². The van der Waals surface area contributed by atoms with Crippen LogP contribution in [0.1, 0.15) is 38.7 Å². The van der Waals surface area contributed by atoms with E-state index < -0.39 is 0 Å². The van der Waals surface area contributed by atoms with Gasteiger partial charge in [-0.15, -0.1) is 0 Å². The zero-order valence-electron chi connectivity index (χ0n) is 12.7. The van der Waals surface area contributed by atoms with Crippen molar-refractivity contribution in [2.24, 2.45) is 5.10 Å². The van der Waals surface area contributed by atoms with E-state index >= 15 is 0 Å². The maximum absolute atomic E-state index is 11.6. The van der Waals surface area contributed by atoms with E-state index in [2.05, 4.69) is 15.8 Å². The third-order valence-electron chi connectivity index (χ3n) is 3.05. The second-order valence-electron chi connectivity index (χ2n) is 4.68. The molecule has 2 amide bonds. The van der Waals surface area contributed by atoms with E-state index in [1.165, 1.54) is 0 Å². The number of nitrogens with one attached hydrogen (secondary N) is 2. The molecule has 5 heteroatoms. The molecule has 114 valence electrons. The third kappa shape index (κ3) is 7.25. The SMILES string of the molecule is CCC(CC)=NNC(=O)CC(=O)NCCc1ccccc1. The molecule has 0 aliphatic carbocycles. The number of hydrazone groups is 1. The molecule has 1 aromatic carbocycles. The van der Waals surface area contributed by atoms with E-state index in [0.717, 1.165) is 30.5 Å². The molecule has 1 rings (SSSR count). The average Bonchev–Trinajstić information content (AvgIpc) is 2.49. The molecule has 0 heterocycles. The summed E-state index contributed by atoms with van der Waals surface area (Å²) in [5.74, 6) is -0.667. The molecule has 0 saturated carbocycles. The number of nitrogens with zero attached hydrogens (tertiary/aromatic N) is 1. The Balaban J connectivity index is 2.24. The highest BCUT2D eigenvalue weighted by Gasteiger charge is 2.08. The number of benzene rings is 1. The molecule has 0 atom stereocenters. The van der Waals surface area contributed by atoms with Crippen LogP contribution in [0.3, 0.4) is 0 Å². The number of hydrogen-bond acceptors (Lipinski definition) is 3. The first-order chi connectivity index (χ1) is 10.2. The fraction of sp³-hybridized carbons (Fsp3) is 0.438. The molecule has 1 aromatic rings. The lowest BCUT2D eigenvalue weighted by Gasteiger charge is -2.05. The van der Waals surface area contributed by atoms with Crippen LogP contribution in [-0.2, 0) is 16.0 Å². The summed E-state index contributed by atoms with van der Waals surface area (Å²) in [6, 6.07) is 9.88. The van der Waals surface area contributed by atoms with E-state index in [0.29, 0.717) is 6.54 Å². The molecule has 2 N–H and O–H groups in total. The lowest BCUT2D eigenvalue weighted by molar-refractivity contribution is -0.129. The minimum atomic E-state index is -0.383. The molecule has 5 nitrogen and oxygen atoms in total. The summed E-state index contributed by atoms with van der Waals surface area (Å²) in [5.41, 5.74) is 4.48. The van der Waals surface area contributed by atoms with Gasteiger partial charge in [0.05, 0.1) is 0 Å². The lowest BCUT2D eigenvalue weighted by Crippen LogP contribution is -2.31. The molecular weight excluding hydrogens is 266 g/mol. The topological polar surface area (TPSA) is 70.6 Å². The van der Waals surface area contributed by atoms with Crippen LogP contribution in [0.2, 0.25) is 0 Å². The fourth-order valence-corrected chi connectivity index (χ4v) is 1.79. The molecule has 0 unspecified atom stereocenters. The molecule has 0 aliphatic heterocycles. The molecule has 0 bridgehead atoms. The van der Waals surface area contributed by atoms with E-state index in [1.54, 1.807) is 0 Å². The highest BCUT2D eigenvalue weighted by Crippen LogP contribution is 1.98. The molecule has 0 radical (unpaired) electrons. The number of carbonyl (C=O) groups is 2. The van der Waals surface area contributed by atoms with E-state index in [1.807, 2.05) is 44.2 Å². The second kappa shape index (κ2) is 9.69. The van der Waals surface area contributed by atoms with Crippen LogP contribution in [0.5, 0.6) is 0 Å². The Kier molecular flexibility index (Phi) is 7.79. The number of hydrogen-bond donors (Lipinski definition) is 2. The third-order valence-corrected chi connectivity index (χ3v) is 3.05. The highest BCUT2D eigenvalue weighted by molar-refractivity contribution is 5.97. The van der Waals surface area contributed by atoms with Gasteiger partial charge in [0, 0.05) is 12.3 Å². The first kappa shape index (κ1) is 16.9. The minimum Gasteiger partial charge on any atom is -0.355 e. The summed E-state index contributed by atoms with van der Waals surface area (Å²) >= 11 is 0. The Morgan fingerprint density at radius 1 is 1.05 bits per heavy atom. The largest absolute Gasteiger partial charge is 0.355 e. The summed E-state index contributed by atoms with van der Waals surface area (Å²) in [6.45, 7) is 4.48. The van der Waals surface area contributed by atoms with Gasteiger partial charge >= 0.3 is 0 Å². The quantitative estimate of drug-likeness (QED) is 0.437. The van der Waals surface area contributed by atoms with Gasteiger partial charge in [0.15, 0.2) is 0 Å². The van der Waals surface area contributed by atoms with E-state index in [4.69, 9.17) is 0 Å². The number of rotatable bonds is 8. The van der Waals surface area contributed by atoms with E-state index in [9.17, 15) is 9.59 Å². The smallest absolute Gasteiger partial charge is 0.249 e. The maximum atomic E-state index is 11.6. The van der Waals surface area contributed by atoms with Gasteiger partial charge in [0.25, 0.3) is 0 Å². The summed E-state index contributed by atoms with van der Waals surface area (Å²) in [4.78, 5) is 23.2. The van der Waals surface area contributed by atoms with Crippen molar-refractivity contribution in [3.05, 3.63) is 35.9 Å². The zero-order chi connectivity index (χ0) is 15.5. The predicted octanol–water partition coefficient (Wildman–Crippen LogP) is 2.03. The minimum absolute atomic E-state index is 0.195. The summed E-state index contributed by atoms with van der Waals surface area (Å²) in [6.07, 6.45) is 2.14. The normalized spacial score (nSPS) is 9.81. The first-order valence-corrected chi connectivity index (χ1v) is 7.30. The summed E-state index contributed by atoms with van der Waals surface area (Å²) in [7, 11) is 0. The van der Waals surface area contributed by atoms with Crippen LogP contribution in [-0.4, -0.2) is 24.1 Å². The van der Waals surface area contributed by atoms with Gasteiger partial charge in [-0.1, -0.05) is 44.2 Å². The van der Waals surface area contributed by atoms with Crippen molar-refractivity contribution < 1.29 is 9.59 Å². The van der Waals surface area contributed by atoms with Gasteiger partial charge in [-0.25, -0.2) is 5.43 Å². The molecule has 0 fully saturated rings. The van der Waals surface area contributed by atoms with Gasteiger partial charge in [0.1, 0.15) is 6.42 Å².